The zero-order chi connectivity index (χ0) is 13.6. The molecule has 0 heterocycles. The molecule has 0 aromatic heterocycles. The highest BCUT2D eigenvalue weighted by atomic mass is 35.5. The third kappa shape index (κ3) is 5.30. The maximum absolute atomic E-state index is 12.3. The largest absolute Gasteiger partial charge is 0.416 e. The second kappa shape index (κ2) is 7.03. The molecule has 0 nitrogen and oxygen atoms in total. The van der Waals surface area contributed by atoms with Crippen LogP contribution in [0.2, 0.25) is 0 Å². The molecule has 0 bridgehead atoms. The molecular weight excluding hydrogens is 261 g/mol. The Balaban J connectivity index is 2.40. The number of alkyl halides is 4. The second-order valence-electron chi connectivity index (χ2n) is 4.47. The van der Waals surface area contributed by atoms with Gasteiger partial charge in [-0.3, -0.25) is 0 Å². The Kier molecular flexibility index (Phi) is 6.00. The molecule has 1 rings (SSSR count). The Bertz CT molecular complexity index is 343. The first-order chi connectivity index (χ1) is 8.43. The van der Waals surface area contributed by atoms with Crippen LogP contribution in [0.5, 0.6) is 0 Å². The Morgan fingerprint density at radius 2 is 1.72 bits per heavy atom. The van der Waals surface area contributed by atoms with Gasteiger partial charge in [0.05, 0.1) is 5.56 Å². The molecule has 1 aromatic carbocycles. The summed E-state index contributed by atoms with van der Waals surface area (Å²) < 4.78 is 37.0. The lowest BCUT2D eigenvalue weighted by Gasteiger charge is -2.09. The number of aryl methyl sites for hydroxylation is 1. The van der Waals surface area contributed by atoms with Crippen molar-refractivity contribution >= 4 is 11.6 Å². The summed E-state index contributed by atoms with van der Waals surface area (Å²) in [6, 6.07) is 5.37. The zero-order valence-corrected chi connectivity index (χ0v) is 11.2. The van der Waals surface area contributed by atoms with Crippen LogP contribution in [0, 0.1) is 0 Å². The standard InChI is InChI=1S/C14H18ClF3/c1-2-4-13(15)6-3-5-11-7-9-12(10-8-11)14(16,17)18/h7-10,13H,2-6H2,1H3. The Morgan fingerprint density at radius 3 is 2.22 bits per heavy atom. The van der Waals surface area contributed by atoms with Crippen molar-refractivity contribution in [1.82, 2.24) is 0 Å². The van der Waals surface area contributed by atoms with Crippen molar-refractivity contribution in [2.24, 2.45) is 0 Å². The van der Waals surface area contributed by atoms with E-state index in [1.165, 1.54) is 0 Å². The first kappa shape index (κ1) is 15.4. The lowest BCUT2D eigenvalue weighted by atomic mass is 10.0. The third-order valence-electron chi connectivity index (χ3n) is 2.87. The fourth-order valence-electron chi connectivity index (χ4n) is 1.85. The second-order valence-corrected chi connectivity index (χ2v) is 5.09. The van der Waals surface area contributed by atoms with Gasteiger partial charge >= 0.3 is 6.18 Å². The minimum atomic E-state index is -4.25. The average Bonchev–Trinajstić information content (AvgIpc) is 2.29. The highest BCUT2D eigenvalue weighted by molar-refractivity contribution is 6.20. The van der Waals surface area contributed by atoms with Gasteiger partial charge in [0.25, 0.3) is 0 Å². The predicted molar refractivity (Wildman–Crippen MR) is 68.9 cm³/mol. The van der Waals surface area contributed by atoms with Crippen molar-refractivity contribution in [1.29, 1.82) is 0 Å². The van der Waals surface area contributed by atoms with Crippen LogP contribution >= 0.6 is 11.6 Å². The topological polar surface area (TPSA) is 0 Å². The fraction of sp³-hybridized carbons (Fsp3) is 0.571. The zero-order valence-electron chi connectivity index (χ0n) is 10.4. The molecule has 0 aliphatic heterocycles. The van der Waals surface area contributed by atoms with Crippen LogP contribution in [0.25, 0.3) is 0 Å². The van der Waals surface area contributed by atoms with E-state index in [0.29, 0.717) is 0 Å². The van der Waals surface area contributed by atoms with Gasteiger partial charge in [-0.2, -0.15) is 13.2 Å². The first-order valence-corrected chi connectivity index (χ1v) is 6.67. The molecule has 1 atom stereocenters. The minimum Gasteiger partial charge on any atom is -0.166 e. The molecule has 102 valence electrons. The molecule has 0 saturated heterocycles. The Morgan fingerprint density at radius 1 is 1.11 bits per heavy atom. The molecule has 0 spiro atoms. The summed E-state index contributed by atoms with van der Waals surface area (Å²) in [4.78, 5) is 0. The van der Waals surface area contributed by atoms with Crippen molar-refractivity contribution in [3.63, 3.8) is 0 Å². The van der Waals surface area contributed by atoms with Gasteiger partial charge in [0.2, 0.25) is 0 Å². The maximum atomic E-state index is 12.3. The van der Waals surface area contributed by atoms with Crippen molar-refractivity contribution in [2.75, 3.05) is 0 Å². The van der Waals surface area contributed by atoms with Crippen molar-refractivity contribution < 1.29 is 13.2 Å². The van der Waals surface area contributed by atoms with Crippen molar-refractivity contribution in [2.45, 2.75) is 50.6 Å². The van der Waals surface area contributed by atoms with Gasteiger partial charge < -0.3 is 0 Å². The van der Waals surface area contributed by atoms with Gasteiger partial charge in [-0.25, -0.2) is 0 Å². The summed E-state index contributed by atoms with van der Waals surface area (Å²) in [7, 11) is 0. The lowest BCUT2D eigenvalue weighted by Crippen LogP contribution is -2.04. The Labute approximate surface area is 111 Å². The average molecular weight is 279 g/mol. The highest BCUT2D eigenvalue weighted by Gasteiger charge is 2.29. The van der Waals surface area contributed by atoms with E-state index in [1.807, 2.05) is 0 Å². The fourth-order valence-corrected chi connectivity index (χ4v) is 2.22. The van der Waals surface area contributed by atoms with Gasteiger partial charge in [0.15, 0.2) is 0 Å². The van der Waals surface area contributed by atoms with E-state index in [1.54, 1.807) is 12.1 Å². The predicted octanol–water partition coefficient (Wildman–Crippen LogP) is 5.44. The molecular formula is C14H18ClF3. The normalized spacial score (nSPS) is 13.6. The summed E-state index contributed by atoms with van der Waals surface area (Å²) >= 11 is 6.08. The van der Waals surface area contributed by atoms with E-state index in [9.17, 15) is 13.2 Å². The smallest absolute Gasteiger partial charge is 0.166 e. The van der Waals surface area contributed by atoms with Crippen molar-refractivity contribution in [3.8, 4) is 0 Å². The van der Waals surface area contributed by atoms with E-state index in [2.05, 4.69) is 6.92 Å². The molecule has 0 aliphatic carbocycles. The molecule has 0 saturated carbocycles. The summed E-state index contributed by atoms with van der Waals surface area (Å²) in [5.41, 5.74) is 0.343. The first-order valence-electron chi connectivity index (χ1n) is 6.23. The highest BCUT2D eigenvalue weighted by Crippen LogP contribution is 2.29. The van der Waals surface area contributed by atoms with E-state index in [0.717, 1.165) is 49.8 Å². The molecule has 0 fully saturated rings. The van der Waals surface area contributed by atoms with Gasteiger partial charge in [0, 0.05) is 5.38 Å². The van der Waals surface area contributed by atoms with Gasteiger partial charge in [-0.1, -0.05) is 25.5 Å². The molecule has 0 N–H and O–H groups in total. The number of halogens is 4. The molecule has 18 heavy (non-hydrogen) atoms. The SMILES string of the molecule is CCCC(Cl)CCCc1ccc(C(F)(F)F)cc1. The van der Waals surface area contributed by atoms with Crippen LogP contribution in [0.3, 0.4) is 0 Å². The minimum absolute atomic E-state index is 0.185. The van der Waals surface area contributed by atoms with Crippen LogP contribution in [0.4, 0.5) is 13.2 Å². The summed E-state index contributed by atoms with van der Waals surface area (Å²) in [5.74, 6) is 0. The number of hydrogen-bond acceptors (Lipinski definition) is 0. The summed E-state index contributed by atoms with van der Waals surface area (Å²) in [6.07, 6.45) is 0.422. The molecule has 1 unspecified atom stereocenters. The molecule has 0 aliphatic rings. The monoisotopic (exact) mass is 278 g/mol. The van der Waals surface area contributed by atoms with Crippen LogP contribution in [-0.2, 0) is 12.6 Å². The molecule has 4 heteroatoms. The number of rotatable bonds is 6. The molecule has 0 radical (unpaired) electrons. The van der Waals surface area contributed by atoms with Crippen LogP contribution in [0.1, 0.15) is 43.7 Å². The van der Waals surface area contributed by atoms with E-state index < -0.39 is 11.7 Å². The molecule has 1 aromatic rings. The van der Waals surface area contributed by atoms with Gasteiger partial charge in [0.1, 0.15) is 0 Å². The van der Waals surface area contributed by atoms with Crippen LogP contribution < -0.4 is 0 Å². The lowest BCUT2D eigenvalue weighted by molar-refractivity contribution is -0.137. The number of hydrogen-bond donors (Lipinski definition) is 0. The van der Waals surface area contributed by atoms with E-state index in [-0.39, 0.29) is 5.38 Å². The van der Waals surface area contributed by atoms with Gasteiger partial charge in [-0.15, -0.1) is 11.6 Å². The summed E-state index contributed by atoms with van der Waals surface area (Å²) in [5, 5.41) is 0.185. The summed E-state index contributed by atoms with van der Waals surface area (Å²) in [6.45, 7) is 2.09. The van der Waals surface area contributed by atoms with Crippen molar-refractivity contribution in [3.05, 3.63) is 35.4 Å². The third-order valence-corrected chi connectivity index (χ3v) is 3.30. The quantitative estimate of drug-likeness (QED) is 0.608. The van der Waals surface area contributed by atoms with Gasteiger partial charge in [-0.05, 0) is 43.4 Å². The Hall–Kier alpha value is -0.700. The number of benzene rings is 1. The maximum Gasteiger partial charge on any atom is 0.416 e. The van der Waals surface area contributed by atoms with E-state index >= 15 is 0 Å². The van der Waals surface area contributed by atoms with E-state index in [4.69, 9.17) is 11.6 Å². The van der Waals surface area contributed by atoms with Crippen LogP contribution in [-0.4, -0.2) is 5.38 Å². The molecule has 0 amide bonds. The van der Waals surface area contributed by atoms with Crippen LogP contribution in [0.15, 0.2) is 24.3 Å².